The van der Waals surface area contributed by atoms with Crippen LogP contribution in [0.3, 0.4) is 0 Å². The molecule has 0 spiro atoms. The first-order valence-corrected chi connectivity index (χ1v) is 14.3. The van der Waals surface area contributed by atoms with Crippen LogP contribution < -0.4 is 4.58 Å². The molecule has 200 valence electrons. The summed E-state index contributed by atoms with van der Waals surface area (Å²) in [6.07, 6.45) is 17.7. The van der Waals surface area contributed by atoms with E-state index in [0.717, 1.165) is 22.1 Å². The average molecular weight is 541 g/mol. The van der Waals surface area contributed by atoms with Crippen LogP contribution >= 0.6 is 0 Å². The van der Waals surface area contributed by atoms with Crippen molar-refractivity contribution in [1.29, 1.82) is 5.41 Å². The number of nitrogens with one attached hydrogen (secondary N) is 1. The molecule has 2 aliphatic heterocycles. The highest BCUT2D eigenvalue weighted by atomic mass is 15.0. The summed E-state index contributed by atoms with van der Waals surface area (Å²) in [6.45, 7) is 4.01. The van der Waals surface area contributed by atoms with Crippen molar-refractivity contribution in [3.63, 3.8) is 0 Å². The summed E-state index contributed by atoms with van der Waals surface area (Å²) in [7, 11) is 0. The quantitative estimate of drug-likeness (QED) is 0.124. The number of nitrogens with zero attached hydrogens (tertiary/aromatic N) is 2. The minimum atomic E-state index is 0.926. The van der Waals surface area contributed by atoms with Gasteiger partial charge in [-0.05, 0) is 82.1 Å². The largest absolute Gasteiger partial charge is 0.308 e. The van der Waals surface area contributed by atoms with Gasteiger partial charge in [-0.2, -0.15) is 4.58 Å². The maximum atomic E-state index is 7.90. The van der Waals surface area contributed by atoms with Crippen LogP contribution in [0.4, 0.5) is 11.4 Å². The van der Waals surface area contributed by atoms with Gasteiger partial charge in [0.05, 0.1) is 16.5 Å². The Morgan fingerprint density at radius 2 is 1.52 bits per heavy atom. The second-order valence-electron chi connectivity index (χ2n) is 10.5. The Morgan fingerprint density at radius 3 is 2.29 bits per heavy atom. The van der Waals surface area contributed by atoms with Crippen LogP contribution in [0.1, 0.15) is 25.0 Å². The highest BCUT2D eigenvalue weighted by Gasteiger charge is 2.34. The van der Waals surface area contributed by atoms with Crippen LogP contribution in [0.15, 0.2) is 127 Å². The van der Waals surface area contributed by atoms with Gasteiger partial charge in [0.15, 0.2) is 6.21 Å². The van der Waals surface area contributed by atoms with Gasteiger partial charge in [-0.1, -0.05) is 78.9 Å². The van der Waals surface area contributed by atoms with E-state index in [1.54, 1.807) is 0 Å². The van der Waals surface area contributed by atoms with E-state index in [1.807, 2.05) is 44.5 Å². The van der Waals surface area contributed by atoms with E-state index in [0.29, 0.717) is 0 Å². The molecule has 3 nitrogen and oxygen atoms in total. The Hall–Kier alpha value is -5.41. The molecule has 0 amide bonds. The highest BCUT2D eigenvalue weighted by molar-refractivity contribution is 6.17. The van der Waals surface area contributed by atoms with Gasteiger partial charge in [0.1, 0.15) is 0 Å². The van der Waals surface area contributed by atoms with Crippen molar-refractivity contribution in [2.45, 2.75) is 13.8 Å². The molecule has 0 atom stereocenters. The second kappa shape index (κ2) is 10.5. The van der Waals surface area contributed by atoms with Crippen LogP contribution in [0, 0.1) is 5.41 Å². The second-order valence-corrected chi connectivity index (χ2v) is 10.5. The van der Waals surface area contributed by atoms with Crippen molar-refractivity contribution in [3.05, 3.63) is 133 Å². The fourth-order valence-electron chi connectivity index (χ4n) is 6.10. The summed E-state index contributed by atoms with van der Waals surface area (Å²) in [4.78, 5) is 4.17. The summed E-state index contributed by atoms with van der Waals surface area (Å²) in [5.74, 6) is 0. The van der Waals surface area contributed by atoms with Gasteiger partial charge in [-0.25, -0.2) is 0 Å². The van der Waals surface area contributed by atoms with Gasteiger partial charge in [0.25, 0.3) is 0 Å². The lowest BCUT2D eigenvalue weighted by atomic mass is 9.91. The molecule has 0 unspecified atom stereocenters. The monoisotopic (exact) mass is 540 g/mol. The standard InChI is InChI=1S/C39H30N3/c1-3-5-6-9-20-42-38-22-27(30-24-41-25-30)12-16-36(38)37-17-14-29-21-28(13-15-33(29)39(37)42)32-19-18-31(26(4-2)23-40)34-10-7-8-11-35(32)34/h3-25,40H,1-2H3/q+1/b5-3-,9-6-,26-4+,40-23?,42-20?. The van der Waals surface area contributed by atoms with Crippen molar-refractivity contribution >= 4 is 62.7 Å². The molecule has 0 bridgehead atoms. The average Bonchev–Trinajstić information content (AvgIpc) is 3.32. The molecule has 2 heterocycles. The fraction of sp³-hybridized carbons (Fsp3) is 0.0513. The third kappa shape index (κ3) is 4.10. The van der Waals surface area contributed by atoms with E-state index in [9.17, 15) is 0 Å². The van der Waals surface area contributed by atoms with Crippen molar-refractivity contribution in [1.82, 2.24) is 4.58 Å². The van der Waals surface area contributed by atoms with Crippen LogP contribution in [0.5, 0.6) is 0 Å². The zero-order valence-electron chi connectivity index (χ0n) is 23.7. The van der Waals surface area contributed by atoms with Crippen LogP contribution in [0.2, 0.25) is 0 Å². The minimum Gasteiger partial charge on any atom is -0.308 e. The number of fused-ring (bicyclic) bond motifs is 6. The highest BCUT2D eigenvalue weighted by Crippen LogP contribution is 2.49. The summed E-state index contributed by atoms with van der Waals surface area (Å²) in [5, 5.41) is 12.7. The molecule has 0 aromatic heterocycles. The lowest BCUT2D eigenvalue weighted by Crippen LogP contribution is -2.02. The molecule has 7 rings (SSSR count). The molecule has 0 saturated carbocycles. The van der Waals surface area contributed by atoms with E-state index < -0.39 is 0 Å². The normalized spacial score (nSPS) is 15.0. The van der Waals surface area contributed by atoms with Gasteiger partial charge in [0.2, 0.25) is 11.4 Å². The molecule has 5 aromatic carbocycles. The smallest absolute Gasteiger partial charge is 0.227 e. The maximum Gasteiger partial charge on any atom is 0.227 e. The lowest BCUT2D eigenvalue weighted by molar-refractivity contribution is 1.15. The summed E-state index contributed by atoms with van der Waals surface area (Å²) in [5.41, 5.74) is 11.6. The Morgan fingerprint density at radius 1 is 0.738 bits per heavy atom. The molecule has 2 aliphatic rings. The van der Waals surface area contributed by atoms with Gasteiger partial charge >= 0.3 is 0 Å². The van der Waals surface area contributed by atoms with Gasteiger partial charge in [0, 0.05) is 36.3 Å². The SMILES string of the molecule is C/C=C\C=C/C=[N+]1c2cc(C3=CN=C3)ccc2-c2ccc3cc(-c4ccc(/C(C=N)=C/C)c5ccccc45)ccc3c21. The number of hydrogen-bond acceptors (Lipinski definition) is 2. The first-order chi connectivity index (χ1) is 20.7. The number of aliphatic imine (C=N–C) groups is 1. The molecule has 0 radical (unpaired) electrons. The van der Waals surface area contributed by atoms with E-state index in [-0.39, 0.29) is 0 Å². The molecule has 3 heteroatoms. The molecule has 0 fully saturated rings. The first-order valence-electron chi connectivity index (χ1n) is 14.3. The Labute approximate surface area is 246 Å². The van der Waals surface area contributed by atoms with Crippen molar-refractivity contribution in [2.75, 3.05) is 0 Å². The van der Waals surface area contributed by atoms with Crippen molar-refractivity contribution in [3.8, 4) is 22.3 Å². The third-order valence-corrected chi connectivity index (χ3v) is 8.20. The minimum absolute atomic E-state index is 0.926. The van der Waals surface area contributed by atoms with Crippen LogP contribution in [-0.2, 0) is 0 Å². The van der Waals surface area contributed by atoms with Crippen molar-refractivity contribution < 1.29 is 0 Å². The molecule has 0 aliphatic carbocycles. The molecule has 5 aromatic rings. The van der Waals surface area contributed by atoms with Gasteiger partial charge in [-0.15, -0.1) is 0 Å². The Balaban J connectivity index is 1.40. The van der Waals surface area contributed by atoms with E-state index in [1.165, 1.54) is 61.6 Å². The van der Waals surface area contributed by atoms with Crippen LogP contribution in [0.25, 0.3) is 54.9 Å². The predicted octanol–water partition coefficient (Wildman–Crippen LogP) is 10.2. The molecular formula is C39H30N3+. The van der Waals surface area contributed by atoms with Gasteiger partial charge < -0.3 is 5.41 Å². The summed E-state index contributed by atoms with van der Waals surface area (Å²) in [6, 6.07) is 30.9. The first kappa shape index (κ1) is 25.6. The van der Waals surface area contributed by atoms with Gasteiger partial charge in [-0.3, -0.25) is 4.99 Å². The topological polar surface area (TPSA) is 39.2 Å². The number of allylic oxidation sites excluding steroid dienone is 7. The van der Waals surface area contributed by atoms with Crippen molar-refractivity contribution in [2.24, 2.45) is 4.99 Å². The maximum absolute atomic E-state index is 7.90. The zero-order valence-corrected chi connectivity index (χ0v) is 23.7. The molecule has 0 saturated heterocycles. The molecule has 42 heavy (non-hydrogen) atoms. The molecular weight excluding hydrogens is 510 g/mol. The Bertz CT molecular complexity index is 2120. The Kier molecular flexibility index (Phi) is 6.41. The van der Waals surface area contributed by atoms with E-state index >= 15 is 0 Å². The van der Waals surface area contributed by atoms with E-state index in [2.05, 4.69) is 113 Å². The number of rotatable bonds is 6. The fourth-order valence-corrected chi connectivity index (χ4v) is 6.10. The zero-order chi connectivity index (χ0) is 28.6. The summed E-state index contributed by atoms with van der Waals surface area (Å²) < 4.78 is 2.33. The number of benzene rings is 5. The van der Waals surface area contributed by atoms with Crippen LogP contribution in [-0.4, -0.2) is 18.6 Å². The summed E-state index contributed by atoms with van der Waals surface area (Å²) >= 11 is 0. The number of hydrogen-bond donors (Lipinski definition) is 1. The predicted molar refractivity (Wildman–Crippen MR) is 183 cm³/mol. The molecule has 1 N–H and O–H groups in total. The van der Waals surface area contributed by atoms with E-state index in [4.69, 9.17) is 5.41 Å². The third-order valence-electron chi connectivity index (χ3n) is 8.20. The lowest BCUT2D eigenvalue weighted by Gasteiger charge is -2.13.